The predicted molar refractivity (Wildman–Crippen MR) is 194 cm³/mol. The molecule has 2 nitrogen and oxygen atoms in total. The second-order valence-electron chi connectivity index (χ2n) is 14.4. The lowest BCUT2D eigenvalue weighted by atomic mass is 9.98. The molecule has 0 spiro atoms. The van der Waals surface area contributed by atoms with Crippen LogP contribution in [0.1, 0.15) is 219 Å². The number of rotatable bonds is 36. The maximum Gasteiger partial charge on any atom is 0.00922 e. The summed E-state index contributed by atoms with van der Waals surface area (Å²) in [4.78, 5) is 5.06. The van der Waals surface area contributed by atoms with Crippen LogP contribution in [0.5, 0.6) is 0 Å². The Kier molecular flexibility index (Phi) is 35.3. The molecule has 1 atom stereocenters. The predicted octanol–water partition coefficient (Wildman–Crippen LogP) is 13.4. The Balaban J connectivity index is 3.83. The average Bonchev–Trinajstić information content (AvgIpc) is 2.97. The van der Waals surface area contributed by atoms with E-state index in [4.69, 9.17) is 0 Å². The van der Waals surface area contributed by atoms with Gasteiger partial charge in [0.05, 0.1) is 0 Å². The molecule has 0 radical (unpaired) electrons. The van der Waals surface area contributed by atoms with E-state index in [9.17, 15) is 0 Å². The third-order valence-corrected chi connectivity index (χ3v) is 9.77. The van der Waals surface area contributed by atoms with Crippen molar-refractivity contribution in [2.75, 3.05) is 34.2 Å². The van der Waals surface area contributed by atoms with Crippen molar-refractivity contribution in [1.29, 1.82) is 0 Å². The first-order valence-electron chi connectivity index (χ1n) is 20.0. The molecule has 0 bridgehead atoms. The molecule has 1 unspecified atom stereocenters. The molecule has 0 N–H and O–H groups in total. The lowest BCUT2D eigenvalue weighted by molar-refractivity contribution is 0.200. The minimum Gasteiger partial charge on any atom is -0.309 e. The maximum atomic E-state index is 2.72. The van der Waals surface area contributed by atoms with Gasteiger partial charge < -0.3 is 9.80 Å². The summed E-state index contributed by atoms with van der Waals surface area (Å²) >= 11 is 0. The first kappa shape index (κ1) is 41.9. The lowest BCUT2D eigenvalue weighted by Gasteiger charge is -2.29. The Labute approximate surface area is 268 Å². The molecule has 0 aromatic rings. The summed E-state index contributed by atoms with van der Waals surface area (Å²) in [5.41, 5.74) is 0. The van der Waals surface area contributed by atoms with E-state index in [-0.39, 0.29) is 0 Å². The summed E-state index contributed by atoms with van der Waals surface area (Å²) in [6, 6.07) is 0.812. The molecule has 254 valence electrons. The lowest BCUT2D eigenvalue weighted by Crippen LogP contribution is -2.34. The van der Waals surface area contributed by atoms with Crippen molar-refractivity contribution in [1.82, 2.24) is 9.80 Å². The van der Waals surface area contributed by atoms with Crippen LogP contribution >= 0.6 is 0 Å². The smallest absolute Gasteiger partial charge is 0.00922 e. The average molecular weight is 593 g/mol. The number of nitrogens with zero attached hydrogens (tertiary/aromatic N) is 2. The molecule has 0 heterocycles. The van der Waals surface area contributed by atoms with E-state index in [1.54, 1.807) is 0 Å². The largest absolute Gasteiger partial charge is 0.309 e. The van der Waals surface area contributed by atoms with E-state index in [0.29, 0.717) is 0 Å². The summed E-state index contributed by atoms with van der Waals surface area (Å²) in [5, 5.41) is 0. The number of hydrogen-bond acceptors (Lipinski definition) is 2. The second kappa shape index (κ2) is 35.4. The van der Waals surface area contributed by atoms with Gasteiger partial charge in [-0.15, -0.1) is 0 Å². The minimum absolute atomic E-state index is 0.812. The van der Waals surface area contributed by atoms with Crippen molar-refractivity contribution in [3.05, 3.63) is 0 Å². The molecule has 0 aliphatic rings. The molecule has 0 rings (SSSR count). The van der Waals surface area contributed by atoms with Crippen molar-refractivity contribution in [3.8, 4) is 0 Å². The van der Waals surface area contributed by atoms with Gasteiger partial charge >= 0.3 is 0 Å². The van der Waals surface area contributed by atoms with Crippen LogP contribution in [0.2, 0.25) is 0 Å². The van der Waals surface area contributed by atoms with Crippen LogP contribution in [0.15, 0.2) is 0 Å². The van der Waals surface area contributed by atoms with Crippen LogP contribution in [-0.4, -0.2) is 50.1 Å². The van der Waals surface area contributed by atoms with Gasteiger partial charge in [-0.25, -0.2) is 0 Å². The van der Waals surface area contributed by atoms with Gasteiger partial charge in [0, 0.05) is 6.04 Å². The fourth-order valence-electron chi connectivity index (χ4n) is 6.73. The fourth-order valence-corrected chi connectivity index (χ4v) is 6.73. The van der Waals surface area contributed by atoms with Gasteiger partial charge in [0.15, 0.2) is 0 Å². The van der Waals surface area contributed by atoms with Crippen LogP contribution in [0, 0.1) is 0 Å². The first-order chi connectivity index (χ1) is 20.6. The third kappa shape index (κ3) is 32.8. The molecule has 0 fully saturated rings. The zero-order valence-electron chi connectivity index (χ0n) is 30.5. The van der Waals surface area contributed by atoms with E-state index in [1.165, 1.54) is 219 Å². The molecule has 0 aromatic carbocycles. The third-order valence-electron chi connectivity index (χ3n) is 9.77. The Morgan fingerprint density at radius 2 is 0.571 bits per heavy atom. The highest BCUT2D eigenvalue weighted by Crippen LogP contribution is 2.20. The Hall–Kier alpha value is -0.0800. The van der Waals surface area contributed by atoms with E-state index >= 15 is 0 Å². The number of hydrogen-bond donors (Lipinski definition) is 0. The monoisotopic (exact) mass is 593 g/mol. The highest BCUT2D eigenvalue weighted by atomic mass is 15.1. The van der Waals surface area contributed by atoms with Crippen molar-refractivity contribution in [2.45, 2.75) is 225 Å². The molecule has 42 heavy (non-hydrogen) atoms. The van der Waals surface area contributed by atoms with Gasteiger partial charge in [-0.05, 0) is 53.5 Å². The van der Waals surface area contributed by atoms with Crippen molar-refractivity contribution in [2.24, 2.45) is 0 Å². The van der Waals surface area contributed by atoms with Crippen molar-refractivity contribution in [3.63, 3.8) is 0 Å². The standard InChI is InChI=1S/C40H84N2/c1-6-8-10-12-14-16-18-20-21-22-24-26-28-30-32-34-37-40(42(5)39-35-38-41(3)4)36-33-31-29-27-25-23-19-17-15-13-11-9-7-2/h40H,6-39H2,1-5H3. The Morgan fingerprint density at radius 1 is 0.310 bits per heavy atom. The molecule has 0 aromatic heterocycles. The molecule has 0 saturated heterocycles. The van der Waals surface area contributed by atoms with Gasteiger partial charge in [-0.2, -0.15) is 0 Å². The van der Waals surface area contributed by atoms with E-state index in [2.05, 4.69) is 44.8 Å². The van der Waals surface area contributed by atoms with E-state index < -0.39 is 0 Å². The van der Waals surface area contributed by atoms with Crippen LogP contribution in [0.3, 0.4) is 0 Å². The van der Waals surface area contributed by atoms with Crippen molar-refractivity contribution < 1.29 is 0 Å². The summed E-state index contributed by atoms with van der Waals surface area (Å²) in [6.45, 7) is 7.10. The van der Waals surface area contributed by atoms with Gasteiger partial charge in [-0.1, -0.05) is 200 Å². The second-order valence-corrected chi connectivity index (χ2v) is 14.4. The minimum atomic E-state index is 0.812. The molecule has 0 saturated carbocycles. The molecule has 0 amide bonds. The van der Waals surface area contributed by atoms with E-state index in [0.717, 1.165) is 6.04 Å². The van der Waals surface area contributed by atoms with Crippen LogP contribution in [-0.2, 0) is 0 Å². The normalized spacial score (nSPS) is 12.6. The van der Waals surface area contributed by atoms with Gasteiger partial charge in [0.2, 0.25) is 0 Å². The Bertz CT molecular complexity index is 476. The molecule has 0 aliphatic carbocycles. The van der Waals surface area contributed by atoms with Gasteiger partial charge in [0.1, 0.15) is 0 Å². The summed E-state index contributed by atoms with van der Waals surface area (Å²) in [5.74, 6) is 0. The zero-order valence-corrected chi connectivity index (χ0v) is 30.5. The fraction of sp³-hybridized carbons (Fsp3) is 1.00. The Morgan fingerprint density at radius 3 is 0.833 bits per heavy atom. The van der Waals surface area contributed by atoms with Crippen LogP contribution in [0.4, 0.5) is 0 Å². The van der Waals surface area contributed by atoms with Crippen LogP contribution < -0.4 is 0 Å². The number of unbranched alkanes of at least 4 members (excludes halogenated alkanes) is 27. The maximum absolute atomic E-state index is 2.72. The van der Waals surface area contributed by atoms with Gasteiger partial charge in [0.25, 0.3) is 0 Å². The summed E-state index contributed by atoms with van der Waals surface area (Å²) < 4.78 is 0. The first-order valence-corrected chi connectivity index (χ1v) is 20.0. The molecule has 2 heteroatoms. The van der Waals surface area contributed by atoms with Crippen LogP contribution in [0.25, 0.3) is 0 Å². The topological polar surface area (TPSA) is 6.48 Å². The molecular formula is C40H84N2. The van der Waals surface area contributed by atoms with E-state index in [1.807, 2.05) is 0 Å². The quantitative estimate of drug-likeness (QED) is 0.0668. The highest BCUT2D eigenvalue weighted by molar-refractivity contribution is 4.70. The molecule has 0 aliphatic heterocycles. The zero-order chi connectivity index (χ0) is 30.8. The highest BCUT2D eigenvalue weighted by Gasteiger charge is 2.14. The van der Waals surface area contributed by atoms with Gasteiger partial charge in [-0.3, -0.25) is 0 Å². The molecular weight excluding hydrogens is 508 g/mol. The SMILES string of the molecule is CCCCCCCCCCCCCCCCCCC(CCCCCCCCCCCCCCC)N(C)CCCN(C)C. The summed E-state index contributed by atoms with van der Waals surface area (Å²) in [7, 11) is 6.83. The summed E-state index contributed by atoms with van der Waals surface area (Å²) in [6.07, 6.45) is 46.5. The van der Waals surface area contributed by atoms with Crippen molar-refractivity contribution >= 4 is 0 Å².